The molecule has 1 aromatic rings. The summed E-state index contributed by atoms with van der Waals surface area (Å²) >= 11 is 1.82. The lowest BCUT2D eigenvalue weighted by molar-refractivity contribution is -0.149. The van der Waals surface area contributed by atoms with Crippen LogP contribution >= 0.6 is 22.6 Å². The molecule has 0 fully saturated rings. The van der Waals surface area contributed by atoms with Gasteiger partial charge in [0.1, 0.15) is 6.04 Å². The molecule has 1 aromatic carbocycles. The second kappa shape index (κ2) is 4.66. The molecule has 0 heterocycles. The van der Waals surface area contributed by atoms with E-state index < -0.39 is 23.5 Å². The van der Waals surface area contributed by atoms with Gasteiger partial charge in [-0.15, -0.1) is 0 Å². The Morgan fingerprint density at radius 3 is 2.44 bits per heavy atom. The number of ether oxygens (including phenoxy) is 1. The normalized spacial score (nSPS) is 13.6. The van der Waals surface area contributed by atoms with Crippen LogP contribution in [-0.2, 0) is 0 Å². The Morgan fingerprint density at radius 2 is 2.00 bits per heavy atom. The highest BCUT2D eigenvalue weighted by Crippen LogP contribution is 2.40. The SMILES string of the molecule is COc1cc(I)cc([C@H](N)C(F)(F)F)c1O. The van der Waals surface area contributed by atoms with Gasteiger partial charge in [0.2, 0.25) is 0 Å². The molecule has 90 valence electrons. The van der Waals surface area contributed by atoms with Crippen LogP contribution in [-0.4, -0.2) is 18.4 Å². The summed E-state index contributed by atoms with van der Waals surface area (Å²) in [5.74, 6) is -0.602. The number of phenolic OH excluding ortho intramolecular Hbond substituents is 1. The molecule has 0 saturated heterocycles. The summed E-state index contributed by atoms with van der Waals surface area (Å²) < 4.78 is 42.5. The zero-order valence-corrected chi connectivity index (χ0v) is 10.3. The predicted octanol–water partition coefficient (Wildman–Crippen LogP) is 2.57. The van der Waals surface area contributed by atoms with Crippen molar-refractivity contribution in [2.45, 2.75) is 12.2 Å². The van der Waals surface area contributed by atoms with Crippen LogP contribution in [0.4, 0.5) is 13.2 Å². The minimum Gasteiger partial charge on any atom is -0.504 e. The minimum atomic E-state index is -4.60. The predicted molar refractivity (Wildman–Crippen MR) is 60.4 cm³/mol. The molecular formula is C9H9F3INO2. The van der Waals surface area contributed by atoms with Crippen molar-refractivity contribution in [3.05, 3.63) is 21.3 Å². The molecule has 0 amide bonds. The molecule has 0 saturated carbocycles. The second-order valence-corrected chi connectivity index (χ2v) is 4.31. The molecule has 3 nitrogen and oxygen atoms in total. The summed E-state index contributed by atoms with van der Waals surface area (Å²) in [5.41, 5.74) is 4.63. The fourth-order valence-electron chi connectivity index (χ4n) is 1.16. The second-order valence-electron chi connectivity index (χ2n) is 3.07. The first kappa shape index (κ1) is 13.4. The van der Waals surface area contributed by atoms with Gasteiger partial charge in [0.05, 0.1) is 7.11 Å². The summed E-state index contributed by atoms with van der Waals surface area (Å²) in [7, 11) is 1.26. The van der Waals surface area contributed by atoms with E-state index in [1.54, 1.807) is 0 Å². The number of hydrogen-bond donors (Lipinski definition) is 2. The minimum absolute atomic E-state index is 0.0263. The Balaban J connectivity index is 3.28. The van der Waals surface area contributed by atoms with Crippen LogP contribution in [0.1, 0.15) is 11.6 Å². The number of nitrogens with two attached hydrogens (primary N) is 1. The summed E-state index contributed by atoms with van der Waals surface area (Å²) in [6.45, 7) is 0. The summed E-state index contributed by atoms with van der Waals surface area (Å²) in [5, 5.41) is 9.54. The first-order chi connectivity index (χ1) is 7.27. The van der Waals surface area contributed by atoms with Crippen molar-refractivity contribution >= 4 is 22.6 Å². The van der Waals surface area contributed by atoms with Crippen molar-refractivity contribution in [2.75, 3.05) is 7.11 Å². The molecule has 0 spiro atoms. The Labute approximate surface area is 104 Å². The molecule has 1 atom stereocenters. The number of methoxy groups -OCH3 is 1. The number of rotatable bonds is 2. The third-order valence-corrected chi connectivity index (χ3v) is 2.60. The maximum Gasteiger partial charge on any atom is 0.407 e. The number of hydrogen-bond acceptors (Lipinski definition) is 3. The molecule has 1 rings (SSSR count). The lowest BCUT2D eigenvalue weighted by Gasteiger charge is -2.18. The van der Waals surface area contributed by atoms with Crippen LogP contribution in [0, 0.1) is 3.57 Å². The topological polar surface area (TPSA) is 55.5 Å². The number of halogens is 4. The van der Waals surface area contributed by atoms with Gasteiger partial charge in [-0.1, -0.05) is 0 Å². The van der Waals surface area contributed by atoms with Crippen LogP contribution in [0.15, 0.2) is 12.1 Å². The van der Waals surface area contributed by atoms with E-state index in [9.17, 15) is 18.3 Å². The fourth-order valence-corrected chi connectivity index (χ4v) is 1.78. The van der Waals surface area contributed by atoms with Crippen molar-refractivity contribution < 1.29 is 23.0 Å². The van der Waals surface area contributed by atoms with Crippen molar-refractivity contribution in [3.63, 3.8) is 0 Å². The number of benzene rings is 1. The van der Waals surface area contributed by atoms with Crippen LogP contribution in [0.25, 0.3) is 0 Å². The Kier molecular flexibility index (Phi) is 3.89. The average Bonchev–Trinajstić information content (AvgIpc) is 2.18. The summed E-state index contributed by atoms with van der Waals surface area (Å²) in [4.78, 5) is 0. The smallest absolute Gasteiger partial charge is 0.407 e. The maximum atomic E-state index is 12.4. The van der Waals surface area contributed by atoms with Gasteiger partial charge < -0.3 is 15.6 Å². The van der Waals surface area contributed by atoms with Crippen molar-refractivity contribution in [1.29, 1.82) is 0 Å². The van der Waals surface area contributed by atoms with E-state index in [1.165, 1.54) is 19.2 Å². The standard InChI is InChI=1S/C9H9F3INO2/c1-16-6-3-4(13)2-5(7(6)15)8(14)9(10,11)12/h2-3,8,15H,14H2,1H3/t8-/m0/s1. The third-order valence-electron chi connectivity index (χ3n) is 1.98. The first-order valence-corrected chi connectivity index (χ1v) is 5.24. The molecule has 7 heteroatoms. The monoisotopic (exact) mass is 347 g/mol. The highest BCUT2D eigenvalue weighted by molar-refractivity contribution is 14.1. The van der Waals surface area contributed by atoms with E-state index in [-0.39, 0.29) is 5.75 Å². The van der Waals surface area contributed by atoms with Gasteiger partial charge in [-0.2, -0.15) is 13.2 Å². The lowest BCUT2D eigenvalue weighted by atomic mass is 10.1. The molecule has 0 radical (unpaired) electrons. The van der Waals surface area contributed by atoms with Gasteiger partial charge in [0.25, 0.3) is 0 Å². The van der Waals surface area contributed by atoms with Gasteiger partial charge in [0.15, 0.2) is 11.5 Å². The van der Waals surface area contributed by atoms with Gasteiger partial charge in [0, 0.05) is 9.13 Å². The molecule has 3 N–H and O–H groups in total. The number of phenols is 1. The summed E-state index contributed by atoms with van der Waals surface area (Å²) in [6, 6.07) is 0.370. The van der Waals surface area contributed by atoms with E-state index in [1.807, 2.05) is 22.6 Å². The van der Waals surface area contributed by atoms with Crippen LogP contribution in [0.2, 0.25) is 0 Å². The zero-order valence-electron chi connectivity index (χ0n) is 8.18. The van der Waals surface area contributed by atoms with Crippen LogP contribution in [0.5, 0.6) is 11.5 Å². The highest BCUT2D eigenvalue weighted by atomic mass is 127. The van der Waals surface area contributed by atoms with Gasteiger partial charge >= 0.3 is 6.18 Å². The Bertz CT molecular complexity index is 395. The number of alkyl halides is 3. The first-order valence-electron chi connectivity index (χ1n) is 4.16. The average molecular weight is 347 g/mol. The van der Waals surface area contributed by atoms with E-state index in [0.717, 1.165) is 0 Å². The van der Waals surface area contributed by atoms with Crippen molar-refractivity contribution in [2.24, 2.45) is 5.73 Å². The molecule has 16 heavy (non-hydrogen) atoms. The van der Waals surface area contributed by atoms with E-state index in [4.69, 9.17) is 10.5 Å². The zero-order chi connectivity index (χ0) is 12.5. The molecule has 0 aromatic heterocycles. The van der Waals surface area contributed by atoms with E-state index >= 15 is 0 Å². The molecule has 0 aliphatic heterocycles. The van der Waals surface area contributed by atoms with E-state index in [2.05, 4.69) is 0 Å². The van der Waals surface area contributed by atoms with Crippen molar-refractivity contribution in [1.82, 2.24) is 0 Å². The molecular weight excluding hydrogens is 338 g/mol. The quantitative estimate of drug-likeness (QED) is 0.809. The molecule has 0 bridgehead atoms. The van der Waals surface area contributed by atoms with Crippen molar-refractivity contribution in [3.8, 4) is 11.5 Å². The Morgan fingerprint density at radius 1 is 1.44 bits per heavy atom. The van der Waals surface area contributed by atoms with Crippen LogP contribution < -0.4 is 10.5 Å². The van der Waals surface area contributed by atoms with E-state index in [0.29, 0.717) is 3.57 Å². The van der Waals surface area contributed by atoms with Gasteiger partial charge in [-0.3, -0.25) is 0 Å². The van der Waals surface area contributed by atoms with Gasteiger partial charge in [-0.05, 0) is 34.7 Å². The van der Waals surface area contributed by atoms with Crippen LogP contribution in [0.3, 0.4) is 0 Å². The largest absolute Gasteiger partial charge is 0.504 e. The van der Waals surface area contributed by atoms with Gasteiger partial charge in [-0.25, -0.2) is 0 Å². The molecule has 0 unspecified atom stereocenters. The highest BCUT2D eigenvalue weighted by Gasteiger charge is 2.40. The number of aromatic hydroxyl groups is 1. The molecule has 0 aliphatic rings. The fraction of sp³-hybridized carbons (Fsp3) is 0.333. The summed E-state index contributed by atoms with van der Waals surface area (Å²) in [6.07, 6.45) is -4.60. The maximum absolute atomic E-state index is 12.4. The lowest BCUT2D eigenvalue weighted by Crippen LogP contribution is -2.28. The third kappa shape index (κ3) is 2.70. The molecule has 0 aliphatic carbocycles. The Hall–Kier alpha value is -0.700.